The number of carbonyl (C=O) groups is 1. The first-order valence-corrected chi connectivity index (χ1v) is 7.72. The van der Waals surface area contributed by atoms with E-state index in [1.54, 1.807) is 5.48 Å². The van der Waals surface area contributed by atoms with Crippen molar-refractivity contribution in [2.75, 3.05) is 6.79 Å². The van der Waals surface area contributed by atoms with Gasteiger partial charge in [0.1, 0.15) is 0 Å². The van der Waals surface area contributed by atoms with Gasteiger partial charge in [-0.3, -0.25) is 15.1 Å². The highest BCUT2D eigenvalue weighted by Crippen LogP contribution is 2.38. The third kappa shape index (κ3) is 2.81. The quantitative estimate of drug-likeness (QED) is 0.502. The summed E-state index contributed by atoms with van der Waals surface area (Å²) in [6.07, 6.45) is -0.0129. The minimum atomic E-state index is -0.513. The molecular formula is C18H15N3O4. The second kappa shape index (κ2) is 6.29. The lowest BCUT2D eigenvalue weighted by atomic mass is 9.99. The number of fused-ring (bicyclic) bond motifs is 1. The highest BCUT2D eigenvalue weighted by molar-refractivity contribution is 5.85. The fourth-order valence-corrected chi connectivity index (χ4v) is 2.86. The normalized spacial score (nSPS) is 12.2. The first-order chi connectivity index (χ1) is 12.3. The summed E-state index contributed by atoms with van der Waals surface area (Å²) in [4.78, 5) is 11.8. The molecular weight excluding hydrogens is 322 g/mol. The minimum Gasteiger partial charge on any atom is -0.454 e. The van der Waals surface area contributed by atoms with Crippen molar-refractivity contribution in [1.29, 1.82) is 0 Å². The number of nitrogens with one attached hydrogen (secondary N) is 2. The second-order valence-corrected chi connectivity index (χ2v) is 5.57. The summed E-state index contributed by atoms with van der Waals surface area (Å²) >= 11 is 0. The second-order valence-electron chi connectivity index (χ2n) is 5.57. The van der Waals surface area contributed by atoms with Crippen molar-refractivity contribution >= 4 is 5.91 Å². The molecule has 25 heavy (non-hydrogen) atoms. The molecule has 7 nitrogen and oxygen atoms in total. The van der Waals surface area contributed by atoms with Crippen LogP contribution in [-0.2, 0) is 11.2 Å². The van der Waals surface area contributed by atoms with Crippen molar-refractivity contribution in [3.8, 4) is 34.0 Å². The molecule has 0 saturated carbocycles. The molecule has 1 aliphatic rings. The maximum Gasteiger partial charge on any atom is 0.247 e. The molecule has 0 atom stereocenters. The number of hydrogen-bond donors (Lipinski definition) is 3. The van der Waals surface area contributed by atoms with Crippen LogP contribution in [0.5, 0.6) is 11.5 Å². The summed E-state index contributed by atoms with van der Waals surface area (Å²) in [6, 6.07) is 15.1. The zero-order chi connectivity index (χ0) is 17.2. The van der Waals surface area contributed by atoms with Crippen LogP contribution in [0.25, 0.3) is 22.5 Å². The van der Waals surface area contributed by atoms with E-state index in [1.807, 2.05) is 48.5 Å². The molecule has 2 heterocycles. The molecule has 7 heteroatoms. The Bertz CT molecular complexity index is 921. The zero-order valence-electron chi connectivity index (χ0n) is 13.2. The highest BCUT2D eigenvalue weighted by atomic mass is 16.7. The Morgan fingerprint density at radius 2 is 1.92 bits per heavy atom. The van der Waals surface area contributed by atoms with Crippen LogP contribution < -0.4 is 15.0 Å². The standard InChI is InChI=1S/C18H15N3O4/c22-16(21-23)9-13-17(11-4-2-1-3-5-11)19-20-18(13)12-6-7-14-15(8-12)25-10-24-14/h1-8,23H,9-10H2,(H,19,20)(H,21,22). The van der Waals surface area contributed by atoms with Crippen molar-refractivity contribution in [2.45, 2.75) is 6.42 Å². The first kappa shape index (κ1) is 15.2. The Balaban J connectivity index is 1.82. The van der Waals surface area contributed by atoms with Gasteiger partial charge in [-0.25, -0.2) is 5.48 Å². The molecule has 1 amide bonds. The van der Waals surface area contributed by atoms with Gasteiger partial charge in [-0.2, -0.15) is 5.10 Å². The molecule has 3 aromatic rings. The maximum absolute atomic E-state index is 11.8. The number of H-pyrrole nitrogens is 1. The summed E-state index contributed by atoms with van der Waals surface area (Å²) in [5.41, 5.74) is 5.43. The number of hydrogen-bond acceptors (Lipinski definition) is 5. The monoisotopic (exact) mass is 337 g/mol. The average Bonchev–Trinajstić information content (AvgIpc) is 3.28. The topological polar surface area (TPSA) is 96.5 Å². The van der Waals surface area contributed by atoms with Crippen LogP contribution >= 0.6 is 0 Å². The first-order valence-electron chi connectivity index (χ1n) is 7.72. The van der Waals surface area contributed by atoms with E-state index in [1.165, 1.54) is 0 Å². The molecule has 0 bridgehead atoms. The molecule has 0 unspecified atom stereocenters. The Kier molecular flexibility index (Phi) is 3.83. The van der Waals surface area contributed by atoms with Crippen molar-refractivity contribution in [2.24, 2.45) is 0 Å². The van der Waals surface area contributed by atoms with E-state index in [4.69, 9.17) is 14.7 Å². The summed E-state index contributed by atoms with van der Waals surface area (Å²) in [5.74, 6) is 0.803. The van der Waals surface area contributed by atoms with Gasteiger partial charge < -0.3 is 9.47 Å². The van der Waals surface area contributed by atoms with Crippen LogP contribution in [0.4, 0.5) is 0 Å². The molecule has 1 aromatic heterocycles. The van der Waals surface area contributed by atoms with Crippen LogP contribution in [0.1, 0.15) is 5.56 Å². The predicted molar refractivity (Wildman–Crippen MR) is 89.2 cm³/mol. The van der Waals surface area contributed by atoms with Gasteiger partial charge in [0.2, 0.25) is 12.7 Å². The van der Waals surface area contributed by atoms with Gasteiger partial charge in [0, 0.05) is 11.1 Å². The van der Waals surface area contributed by atoms with Gasteiger partial charge in [-0.15, -0.1) is 0 Å². The lowest BCUT2D eigenvalue weighted by Crippen LogP contribution is -2.21. The number of hydroxylamine groups is 1. The van der Waals surface area contributed by atoms with E-state index in [2.05, 4.69) is 10.2 Å². The SMILES string of the molecule is O=C(Cc1c(-c2ccc3c(c2)OCO3)n[nH]c1-c1ccccc1)NO. The Morgan fingerprint density at radius 1 is 1.12 bits per heavy atom. The van der Waals surface area contributed by atoms with Crippen molar-refractivity contribution < 1.29 is 19.5 Å². The molecule has 4 rings (SSSR count). The van der Waals surface area contributed by atoms with E-state index in [0.717, 1.165) is 16.8 Å². The van der Waals surface area contributed by atoms with E-state index in [9.17, 15) is 4.79 Å². The van der Waals surface area contributed by atoms with E-state index in [-0.39, 0.29) is 13.2 Å². The van der Waals surface area contributed by atoms with Crippen LogP contribution in [0.3, 0.4) is 0 Å². The van der Waals surface area contributed by atoms with E-state index in [0.29, 0.717) is 22.8 Å². The van der Waals surface area contributed by atoms with Crippen molar-refractivity contribution in [3.63, 3.8) is 0 Å². The van der Waals surface area contributed by atoms with Gasteiger partial charge in [0.15, 0.2) is 11.5 Å². The Labute approximate surface area is 143 Å². The predicted octanol–water partition coefficient (Wildman–Crippen LogP) is 2.52. The summed E-state index contributed by atoms with van der Waals surface area (Å²) < 4.78 is 10.7. The lowest BCUT2D eigenvalue weighted by molar-refractivity contribution is -0.128. The number of rotatable bonds is 4. The van der Waals surface area contributed by atoms with Crippen LogP contribution in [0.15, 0.2) is 48.5 Å². The number of carbonyl (C=O) groups excluding carboxylic acids is 1. The Hall–Kier alpha value is -3.32. The number of nitrogens with zero attached hydrogens (tertiary/aromatic N) is 1. The molecule has 0 spiro atoms. The number of benzene rings is 2. The molecule has 2 aromatic carbocycles. The minimum absolute atomic E-state index is 0.0129. The number of aromatic amines is 1. The molecule has 0 aliphatic carbocycles. The largest absolute Gasteiger partial charge is 0.454 e. The third-order valence-corrected chi connectivity index (χ3v) is 4.04. The number of amides is 1. The summed E-state index contributed by atoms with van der Waals surface area (Å²) in [5, 5.41) is 16.3. The van der Waals surface area contributed by atoms with E-state index >= 15 is 0 Å². The fourth-order valence-electron chi connectivity index (χ4n) is 2.86. The number of ether oxygens (including phenoxy) is 2. The highest BCUT2D eigenvalue weighted by Gasteiger charge is 2.21. The van der Waals surface area contributed by atoms with Crippen LogP contribution in [-0.4, -0.2) is 28.1 Å². The van der Waals surface area contributed by atoms with Gasteiger partial charge >= 0.3 is 0 Å². The molecule has 3 N–H and O–H groups in total. The molecule has 1 aliphatic heterocycles. The zero-order valence-corrected chi connectivity index (χ0v) is 13.2. The lowest BCUT2D eigenvalue weighted by Gasteiger charge is -2.06. The number of aromatic nitrogens is 2. The average molecular weight is 337 g/mol. The van der Waals surface area contributed by atoms with Gasteiger partial charge in [0.05, 0.1) is 17.8 Å². The molecule has 0 radical (unpaired) electrons. The maximum atomic E-state index is 11.8. The van der Waals surface area contributed by atoms with Gasteiger partial charge in [-0.05, 0) is 23.8 Å². The smallest absolute Gasteiger partial charge is 0.247 e. The van der Waals surface area contributed by atoms with Crippen LogP contribution in [0.2, 0.25) is 0 Å². The summed E-state index contributed by atoms with van der Waals surface area (Å²) in [6.45, 7) is 0.189. The van der Waals surface area contributed by atoms with Crippen molar-refractivity contribution in [3.05, 3.63) is 54.1 Å². The molecule has 0 saturated heterocycles. The molecule has 126 valence electrons. The van der Waals surface area contributed by atoms with Gasteiger partial charge in [0.25, 0.3) is 0 Å². The Morgan fingerprint density at radius 3 is 2.72 bits per heavy atom. The van der Waals surface area contributed by atoms with Gasteiger partial charge in [-0.1, -0.05) is 30.3 Å². The van der Waals surface area contributed by atoms with E-state index < -0.39 is 5.91 Å². The van der Waals surface area contributed by atoms with Crippen LogP contribution in [0, 0.1) is 0 Å². The van der Waals surface area contributed by atoms with Crippen molar-refractivity contribution in [1.82, 2.24) is 15.7 Å². The third-order valence-electron chi connectivity index (χ3n) is 4.04. The fraction of sp³-hybridized carbons (Fsp3) is 0.111. The molecule has 0 fully saturated rings. The summed E-state index contributed by atoms with van der Waals surface area (Å²) in [7, 11) is 0.